The van der Waals surface area contributed by atoms with Crippen LogP contribution in [0.15, 0.2) is 23.1 Å². The second kappa shape index (κ2) is 8.16. The smallest absolute Gasteiger partial charge is 0.306 e. The lowest BCUT2D eigenvalue weighted by Gasteiger charge is -2.16. The number of carbonyl (C=O) groups is 2. The normalized spacial score (nSPS) is 12.1. The van der Waals surface area contributed by atoms with E-state index in [9.17, 15) is 18.0 Å². The highest BCUT2D eigenvalue weighted by molar-refractivity contribution is 7.89. The first-order valence-corrected chi connectivity index (χ1v) is 9.32. The molecule has 0 aliphatic heterocycles. The SMILES string of the molecule is CN(C)S(=O)(=O)c1ccc(Cl)c(NC(=O)COC(=O)CC(C)(C)C)c1. The van der Waals surface area contributed by atoms with Crippen LogP contribution in [0.3, 0.4) is 0 Å². The van der Waals surface area contributed by atoms with Gasteiger partial charge in [0.2, 0.25) is 10.0 Å². The predicted molar refractivity (Wildman–Crippen MR) is 96.0 cm³/mol. The van der Waals surface area contributed by atoms with Gasteiger partial charge in [-0.3, -0.25) is 9.59 Å². The standard InChI is InChI=1S/C16H23ClN2O5S/c1-16(2,3)9-15(21)24-10-14(20)18-13-8-11(6-7-12(13)17)25(22,23)19(4)5/h6-8H,9-10H2,1-5H3,(H,18,20). The van der Waals surface area contributed by atoms with Gasteiger partial charge >= 0.3 is 5.97 Å². The molecule has 140 valence electrons. The molecular weight excluding hydrogens is 368 g/mol. The highest BCUT2D eigenvalue weighted by Gasteiger charge is 2.20. The summed E-state index contributed by atoms with van der Waals surface area (Å²) in [6.45, 7) is 5.16. The number of carbonyl (C=O) groups excluding carboxylic acids is 2. The maximum absolute atomic E-state index is 12.1. The van der Waals surface area contributed by atoms with Crippen LogP contribution in [0, 0.1) is 5.41 Å². The van der Waals surface area contributed by atoms with E-state index < -0.39 is 28.5 Å². The molecule has 1 aromatic rings. The van der Waals surface area contributed by atoms with Crippen LogP contribution in [0.1, 0.15) is 27.2 Å². The van der Waals surface area contributed by atoms with Gasteiger partial charge in [0.05, 0.1) is 22.0 Å². The Morgan fingerprint density at radius 2 is 1.84 bits per heavy atom. The molecule has 1 rings (SSSR count). The highest BCUT2D eigenvalue weighted by atomic mass is 35.5. The maximum atomic E-state index is 12.1. The number of benzene rings is 1. The molecule has 1 amide bonds. The Bertz CT molecular complexity index is 754. The average molecular weight is 391 g/mol. The van der Waals surface area contributed by atoms with Crippen LogP contribution in [0.5, 0.6) is 0 Å². The molecule has 0 aromatic heterocycles. The first kappa shape index (κ1) is 21.4. The first-order chi connectivity index (χ1) is 11.3. The van der Waals surface area contributed by atoms with Gasteiger partial charge in [-0.1, -0.05) is 32.4 Å². The van der Waals surface area contributed by atoms with Crippen LogP contribution in [-0.4, -0.2) is 45.3 Å². The zero-order valence-corrected chi connectivity index (χ0v) is 16.5. The number of amides is 1. The van der Waals surface area contributed by atoms with E-state index in [4.69, 9.17) is 16.3 Å². The lowest BCUT2D eigenvalue weighted by molar-refractivity contribution is -0.149. The van der Waals surface area contributed by atoms with Crippen molar-refractivity contribution >= 4 is 39.2 Å². The molecular formula is C16H23ClN2O5S. The van der Waals surface area contributed by atoms with Crippen molar-refractivity contribution in [2.24, 2.45) is 5.41 Å². The lowest BCUT2D eigenvalue weighted by atomic mass is 9.92. The van der Waals surface area contributed by atoms with E-state index in [1.165, 1.54) is 32.3 Å². The van der Waals surface area contributed by atoms with Crippen LogP contribution < -0.4 is 5.32 Å². The zero-order valence-electron chi connectivity index (χ0n) is 14.9. The Balaban J connectivity index is 2.79. The van der Waals surface area contributed by atoms with Gasteiger partial charge in [-0.05, 0) is 23.6 Å². The van der Waals surface area contributed by atoms with Crippen molar-refractivity contribution in [3.05, 3.63) is 23.2 Å². The largest absolute Gasteiger partial charge is 0.456 e. The highest BCUT2D eigenvalue weighted by Crippen LogP contribution is 2.26. The zero-order chi connectivity index (χ0) is 19.4. The van der Waals surface area contributed by atoms with E-state index >= 15 is 0 Å². The van der Waals surface area contributed by atoms with Crippen LogP contribution in [0.4, 0.5) is 5.69 Å². The van der Waals surface area contributed by atoms with Gasteiger partial charge in [-0.25, -0.2) is 12.7 Å². The number of nitrogens with one attached hydrogen (secondary N) is 1. The van der Waals surface area contributed by atoms with Crippen LogP contribution >= 0.6 is 11.6 Å². The molecule has 0 aliphatic carbocycles. The summed E-state index contributed by atoms with van der Waals surface area (Å²) in [5, 5.41) is 2.62. The van der Waals surface area contributed by atoms with Crippen molar-refractivity contribution in [1.29, 1.82) is 0 Å². The van der Waals surface area contributed by atoms with Gasteiger partial charge < -0.3 is 10.1 Å². The molecule has 25 heavy (non-hydrogen) atoms. The Kier molecular flexibility index (Phi) is 6.99. The van der Waals surface area contributed by atoms with Crippen molar-refractivity contribution in [3.63, 3.8) is 0 Å². The van der Waals surface area contributed by atoms with E-state index in [1.807, 2.05) is 20.8 Å². The molecule has 9 heteroatoms. The third-order valence-corrected chi connectivity index (χ3v) is 5.17. The minimum atomic E-state index is -3.66. The number of anilines is 1. The van der Waals surface area contributed by atoms with Gasteiger partial charge in [-0.15, -0.1) is 0 Å². The molecule has 0 spiro atoms. The monoisotopic (exact) mass is 390 g/mol. The van der Waals surface area contributed by atoms with Gasteiger partial charge in [0.1, 0.15) is 0 Å². The van der Waals surface area contributed by atoms with E-state index in [2.05, 4.69) is 5.32 Å². The third-order valence-electron chi connectivity index (χ3n) is 3.03. The summed E-state index contributed by atoms with van der Waals surface area (Å²) in [7, 11) is -0.861. The fourth-order valence-electron chi connectivity index (χ4n) is 1.79. The summed E-state index contributed by atoms with van der Waals surface area (Å²) >= 11 is 5.99. The lowest BCUT2D eigenvalue weighted by Crippen LogP contribution is -2.24. The number of hydrogen-bond acceptors (Lipinski definition) is 5. The molecule has 7 nitrogen and oxygen atoms in total. The number of halogens is 1. The molecule has 0 saturated carbocycles. The number of sulfonamides is 1. The Morgan fingerprint density at radius 1 is 1.24 bits per heavy atom. The molecule has 0 bridgehead atoms. The van der Waals surface area contributed by atoms with Gasteiger partial charge in [0, 0.05) is 14.1 Å². The Hall–Kier alpha value is -1.64. The predicted octanol–water partition coefficient (Wildman–Crippen LogP) is 2.51. The van der Waals surface area contributed by atoms with Crippen molar-refractivity contribution in [2.45, 2.75) is 32.1 Å². The molecule has 0 atom stereocenters. The average Bonchev–Trinajstić information content (AvgIpc) is 2.45. The van der Waals surface area contributed by atoms with Crippen molar-refractivity contribution in [3.8, 4) is 0 Å². The molecule has 0 fully saturated rings. The summed E-state index contributed by atoms with van der Waals surface area (Å²) in [6, 6.07) is 3.97. The van der Waals surface area contributed by atoms with E-state index in [1.54, 1.807) is 0 Å². The van der Waals surface area contributed by atoms with E-state index in [0.29, 0.717) is 0 Å². The van der Waals surface area contributed by atoms with Gasteiger partial charge in [0.15, 0.2) is 6.61 Å². The second-order valence-corrected chi connectivity index (χ2v) is 9.43. The van der Waals surface area contributed by atoms with E-state index in [0.717, 1.165) is 4.31 Å². The van der Waals surface area contributed by atoms with Crippen molar-refractivity contribution in [1.82, 2.24) is 4.31 Å². The summed E-state index contributed by atoms with van der Waals surface area (Å²) in [6.07, 6.45) is 0.178. The van der Waals surface area contributed by atoms with Crippen molar-refractivity contribution in [2.75, 3.05) is 26.0 Å². The number of esters is 1. The number of ether oxygens (including phenoxy) is 1. The number of hydrogen-bond donors (Lipinski definition) is 1. The van der Waals surface area contributed by atoms with Crippen LogP contribution in [0.2, 0.25) is 5.02 Å². The van der Waals surface area contributed by atoms with Gasteiger partial charge in [-0.2, -0.15) is 0 Å². The Labute approximate surface area is 153 Å². The topological polar surface area (TPSA) is 92.8 Å². The minimum Gasteiger partial charge on any atom is -0.456 e. The maximum Gasteiger partial charge on any atom is 0.306 e. The first-order valence-electron chi connectivity index (χ1n) is 7.50. The summed E-state index contributed by atoms with van der Waals surface area (Å²) in [5.74, 6) is -1.10. The Morgan fingerprint density at radius 3 is 2.36 bits per heavy atom. The minimum absolute atomic E-state index is 0.0121. The van der Waals surface area contributed by atoms with Crippen LogP contribution in [0.25, 0.3) is 0 Å². The number of rotatable bonds is 6. The fraction of sp³-hybridized carbons (Fsp3) is 0.500. The molecule has 0 saturated heterocycles. The molecule has 0 radical (unpaired) electrons. The molecule has 0 heterocycles. The molecule has 1 N–H and O–H groups in total. The van der Waals surface area contributed by atoms with Crippen LogP contribution in [-0.2, 0) is 24.3 Å². The summed E-state index contributed by atoms with van der Waals surface area (Å²) in [4.78, 5) is 23.5. The fourth-order valence-corrected chi connectivity index (χ4v) is 2.88. The molecule has 0 unspecified atom stereocenters. The molecule has 1 aromatic carbocycles. The quantitative estimate of drug-likeness (QED) is 0.753. The number of nitrogens with zero attached hydrogens (tertiary/aromatic N) is 1. The van der Waals surface area contributed by atoms with E-state index in [-0.39, 0.29) is 27.4 Å². The molecule has 0 aliphatic rings. The van der Waals surface area contributed by atoms with Crippen molar-refractivity contribution < 1.29 is 22.7 Å². The second-order valence-electron chi connectivity index (χ2n) is 6.88. The third kappa shape index (κ3) is 6.64. The summed E-state index contributed by atoms with van der Waals surface area (Å²) < 4.78 is 30.2. The van der Waals surface area contributed by atoms with Gasteiger partial charge in [0.25, 0.3) is 5.91 Å². The summed E-state index contributed by atoms with van der Waals surface area (Å²) in [5.41, 5.74) is -0.118.